The molecule has 0 bridgehead atoms. The topological polar surface area (TPSA) is 129 Å². The zero-order chi connectivity index (χ0) is 28.4. The summed E-state index contributed by atoms with van der Waals surface area (Å²) in [6.45, 7) is 9.23. The maximum absolute atomic E-state index is 12.7. The van der Waals surface area contributed by atoms with Crippen LogP contribution in [0.3, 0.4) is 0 Å². The number of hydrogen-bond donors (Lipinski definition) is 2. The normalized spacial score (nSPS) is 19.3. The van der Waals surface area contributed by atoms with Crippen LogP contribution in [0.4, 0.5) is 5.82 Å². The lowest BCUT2D eigenvalue weighted by molar-refractivity contribution is 0.0283. The minimum atomic E-state index is -0.997. The number of ether oxygens (including phenoxy) is 1. The molecular formula is C30H33N7O3. The molecule has 10 heteroatoms. The number of pyridine rings is 3. The predicted molar refractivity (Wildman–Crippen MR) is 151 cm³/mol. The molecule has 0 aromatic carbocycles. The maximum Gasteiger partial charge on any atom is 0.270 e. The Morgan fingerprint density at radius 3 is 2.58 bits per heavy atom. The largest absolute Gasteiger partial charge is 0.489 e. The van der Waals surface area contributed by atoms with Gasteiger partial charge < -0.3 is 20.1 Å². The lowest BCUT2D eigenvalue weighted by atomic mass is 9.85. The van der Waals surface area contributed by atoms with Crippen LogP contribution in [-0.4, -0.2) is 61.9 Å². The molecule has 206 valence electrons. The van der Waals surface area contributed by atoms with Gasteiger partial charge in [0, 0.05) is 42.7 Å². The van der Waals surface area contributed by atoms with Gasteiger partial charge >= 0.3 is 0 Å². The highest BCUT2D eigenvalue weighted by molar-refractivity contribution is 5.92. The van der Waals surface area contributed by atoms with Crippen LogP contribution in [0.5, 0.6) is 5.75 Å². The van der Waals surface area contributed by atoms with E-state index in [2.05, 4.69) is 40.2 Å². The van der Waals surface area contributed by atoms with E-state index in [4.69, 9.17) is 9.72 Å². The summed E-state index contributed by atoms with van der Waals surface area (Å²) < 4.78 is 7.46. The molecule has 1 amide bonds. The molecule has 1 saturated heterocycles. The van der Waals surface area contributed by atoms with Gasteiger partial charge in [0.15, 0.2) is 0 Å². The molecule has 4 aromatic rings. The van der Waals surface area contributed by atoms with Crippen molar-refractivity contribution >= 4 is 17.2 Å². The van der Waals surface area contributed by atoms with E-state index in [0.29, 0.717) is 22.5 Å². The molecule has 0 radical (unpaired) electrons. The van der Waals surface area contributed by atoms with E-state index in [1.165, 1.54) is 6.20 Å². The standard InChI is InChI=1S/C30H33N7O3/c1-19-15-36(16-20(2)27(19)35-29(38)25-7-5-6-10-32-25)26-9-8-21(13-33-26)24-11-23(40-18-30(3,4)39)17-37-28(24)22(12-31)14-34-37/h5-11,13-14,17,19-20,27,39H,15-16,18H2,1-4H3,(H,35,38)/t19-,20+,27?. The molecule has 10 nitrogen and oxygen atoms in total. The molecule has 5 heterocycles. The van der Waals surface area contributed by atoms with Crippen molar-refractivity contribution in [2.45, 2.75) is 39.3 Å². The molecule has 1 unspecified atom stereocenters. The van der Waals surface area contributed by atoms with Gasteiger partial charge in [-0.25, -0.2) is 9.50 Å². The summed E-state index contributed by atoms with van der Waals surface area (Å²) in [6, 6.07) is 13.4. The number of carbonyl (C=O) groups is 1. The second kappa shape index (κ2) is 10.9. The number of nitrogens with one attached hydrogen (secondary N) is 1. The highest BCUT2D eigenvalue weighted by atomic mass is 16.5. The zero-order valence-electron chi connectivity index (χ0n) is 23.1. The maximum atomic E-state index is 12.7. The number of aliphatic hydroxyl groups is 1. The lowest BCUT2D eigenvalue weighted by Gasteiger charge is -2.42. The molecule has 0 aliphatic carbocycles. The lowest BCUT2D eigenvalue weighted by Crippen LogP contribution is -2.55. The number of nitrogens with zero attached hydrogens (tertiary/aromatic N) is 6. The fourth-order valence-electron chi connectivity index (χ4n) is 5.22. The van der Waals surface area contributed by atoms with Crippen molar-refractivity contribution in [3.05, 3.63) is 72.4 Å². The van der Waals surface area contributed by atoms with E-state index < -0.39 is 5.60 Å². The summed E-state index contributed by atoms with van der Waals surface area (Å²) in [4.78, 5) is 23.9. The third-order valence-corrected chi connectivity index (χ3v) is 7.12. The Labute approximate surface area is 233 Å². The monoisotopic (exact) mass is 539 g/mol. The third-order valence-electron chi connectivity index (χ3n) is 7.12. The predicted octanol–water partition coefficient (Wildman–Crippen LogP) is 3.70. The minimum Gasteiger partial charge on any atom is -0.489 e. The summed E-state index contributed by atoms with van der Waals surface area (Å²) in [6.07, 6.45) is 6.65. The Morgan fingerprint density at radius 2 is 1.95 bits per heavy atom. The SMILES string of the molecule is C[C@@H]1CN(c2ccc(-c3cc(OCC(C)(C)O)cn4ncc(C#N)c34)cn2)C[C@H](C)C1NC(=O)c1ccccn1. The molecule has 0 saturated carbocycles. The van der Waals surface area contributed by atoms with E-state index in [0.717, 1.165) is 30.0 Å². The summed E-state index contributed by atoms with van der Waals surface area (Å²) in [5.41, 5.74) is 2.12. The van der Waals surface area contributed by atoms with Crippen molar-refractivity contribution in [3.63, 3.8) is 0 Å². The van der Waals surface area contributed by atoms with Crippen LogP contribution in [0.1, 0.15) is 43.7 Å². The fourth-order valence-corrected chi connectivity index (χ4v) is 5.22. The highest BCUT2D eigenvalue weighted by Gasteiger charge is 2.34. The number of fused-ring (bicyclic) bond motifs is 1. The molecular weight excluding hydrogens is 506 g/mol. The van der Waals surface area contributed by atoms with Gasteiger partial charge in [0.25, 0.3) is 5.91 Å². The van der Waals surface area contributed by atoms with E-state index in [1.807, 2.05) is 24.3 Å². The number of rotatable bonds is 7. The first kappa shape index (κ1) is 27.1. The Kier molecular flexibility index (Phi) is 7.41. The minimum absolute atomic E-state index is 0.0243. The van der Waals surface area contributed by atoms with Crippen LogP contribution in [0.2, 0.25) is 0 Å². The number of nitriles is 1. The molecule has 5 rings (SSSR count). The van der Waals surface area contributed by atoms with Gasteiger partial charge in [-0.2, -0.15) is 10.4 Å². The van der Waals surface area contributed by atoms with Crippen molar-refractivity contribution in [2.75, 3.05) is 24.6 Å². The molecule has 1 aliphatic heterocycles. The molecule has 1 fully saturated rings. The smallest absolute Gasteiger partial charge is 0.270 e. The van der Waals surface area contributed by atoms with Crippen LogP contribution in [0.25, 0.3) is 16.6 Å². The summed E-state index contributed by atoms with van der Waals surface area (Å²) in [7, 11) is 0. The number of amides is 1. The zero-order valence-corrected chi connectivity index (χ0v) is 23.1. The Morgan fingerprint density at radius 1 is 1.18 bits per heavy atom. The Balaban J connectivity index is 1.35. The summed E-state index contributed by atoms with van der Waals surface area (Å²) in [5, 5.41) is 27.3. The van der Waals surface area contributed by atoms with E-state index in [-0.39, 0.29) is 30.4 Å². The molecule has 0 spiro atoms. The van der Waals surface area contributed by atoms with Gasteiger partial charge in [0.05, 0.1) is 29.1 Å². The Hall–Kier alpha value is -4.49. The quantitative estimate of drug-likeness (QED) is 0.364. The van der Waals surface area contributed by atoms with Crippen molar-refractivity contribution in [1.29, 1.82) is 5.26 Å². The number of aromatic nitrogens is 4. The molecule has 4 aromatic heterocycles. The first-order chi connectivity index (χ1) is 19.1. The van der Waals surface area contributed by atoms with Gasteiger partial charge in [0.2, 0.25) is 0 Å². The molecule has 1 aliphatic rings. The highest BCUT2D eigenvalue weighted by Crippen LogP contribution is 2.32. The van der Waals surface area contributed by atoms with E-state index in [1.54, 1.807) is 49.1 Å². The van der Waals surface area contributed by atoms with Crippen molar-refractivity contribution in [3.8, 4) is 22.9 Å². The first-order valence-corrected chi connectivity index (χ1v) is 13.3. The van der Waals surface area contributed by atoms with Crippen LogP contribution >= 0.6 is 0 Å². The van der Waals surface area contributed by atoms with E-state index in [9.17, 15) is 15.2 Å². The van der Waals surface area contributed by atoms with Crippen molar-refractivity contribution in [1.82, 2.24) is 24.9 Å². The second-order valence-electron chi connectivity index (χ2n) is 11.1. The van der Waals surface area contributed by atoms with Crippen LogP contribution in [0.15, 0.2) is 61.2 Å². The molecule has 3 atom stereocenters. The number of hydrogen-bond acceptors (Lipinski definition) is 8. The third kappa shape index (κ3) is 5.75. The number of piperidine rings is 1. The second-order valence-corrected chi connectivity index (χ2v) is 11.1. The van der Waals surface area contributed by atoms with E-state index >= 15 is 0 Å². The average molecular weight is 540 g/mol. The summed E-state index contributed by atoms with van der Waals surface area (Å²) >= 11 is 0. The van der Waals surface area contributed by atoms with Gasteiger partial charge in [-0.3, -0.25) is 9.78 Å². The van der Waals surface area contributed by atoms with Gasteiger partial charge in [0.1, 0.15) is 29.9 Å². The van der Waals surface area contributed by atoms with Gasteiger partial charge in [-0.05, 0) is 56.0 Å². The van der Waals surface area contributed by atoms with Crippen LogP contribution in [-0.2, 0) is 0 Å². The molecule has 2 N–H and O–H groups in total. The first-order valence-electron chi connectivity index (χ1n) is 13.3. The number of carbonyl (C=O) groups excluding carboxylic acids is 1. The Bertz CT molecular complexity index is 1530. The summed E-state index contributed by atoms with van der Waals surface area (Å²) in [5.74, 6) is 1.62. The van der Waals surface area contributed by atoms with Gasteiger partial charge in [-0.1, -0.05) is 19.9 Å². The van der Waals surface area contributed by atoms with Crippen LogP contribution < -0.4 is 15.0 Å². The van der Waals surface area contributed by atoms with Crippen LogP contribution in [0, 0.1) is 23.2 Å². The average Bonchev–Trinajstić information content (AvgIpc) is 3.36. The van der Waals surface area contributed by atoms with Gasteiger partial charge in [-0.15, -0.1) is 0 Å². The number of anilines is 1. The van der Waals surface area contributed by atoms with Crippen molar-refractivity contribution in [2.24, 2.45) is 11.8 Å². The molecule has 40 heavy (non-hydrogen) atoms. The van der Waals surface area contributed by atoms with Crippen molar-refractivity contribution < 1.29 is 14.6 Å². The fraction of sp³-hybridized carbons (Fsp3) is 0.367.